The third-order valence-corrected chi connectivity index (χ3v) is 3.82. The van der Waals surface area contributed by atoms with Crippen LogP contribution in [-0.4, -0.2) is 44.0 Å². The highest BCUT2D eigenvalue weighted by atomic mass is 32.1. The van der Waals surface area contributed by atoms with E-state index in [0.29, 0.717) is 17.3 Å². The highest BCUT2D eigenvalue weighted by Gasteiger charge is 2.17. The average Bonchev–Trinajstić information content (AvgIpc) is 2.83. The molecule has 21 heavy (non-hydrogen) atoms. The van der Waals surface area contributed by atoms with Gasteiger partial charge in [0.15, 0.2) is 0 Å². The van der Waals surface area contributed by atoms with E-state index >= 15 is 0 Å². The van der Waals surface area contributed by atoms with E-state index < -0.39 is 0 Å². The Balaban J connectivity index is 2.69. The van der Waals surface area contributed by atoms with Crippen molar-refractivity contribution in [1.82, 2.24) is 10.2 Å². The predicted molar refractivity (Wildman–Crippen MR) is 89.5 cm³/mol. The number of thiophene rings is 1. The van der Waals surface area contributed by atoms with Gasteiger partial charge in [0, 0.05) is 12.6 Å². The Kier molecular flexibility index (Phi) is 7.44. The van der Waals surface area contributed by atoms with E-state index in [9.17, 15) is 4.79 Å². The molecule has 0 saturated heterocycles. The molecule has 0 aliphatic carbocycles. The molecule has 0 aliphatic heterocycles. The van der Waals surface area contributed by atoms with Crippen LogP contribution >= 0.6 is 11.3 Å². The number of amides is 1. The molecule has 0 aliphatic rings. The molecule has 1 aromatic heterocycles. The Labute approximate surface area is 131 Å². The van der Waals surface area contributed by atoms with Gasteiger partial charge in [-0.05, 0) is 38.6 Å². The van der Waals surface area contributed by atoms with Gasteiger partial charge in [-0.15, -0.1) is 11.3 Å². The van der Waals surface area contributed by atoms with Crippen molar-refractivity contribution >= 4 is 17.2 Å². The van der Waals surface area contributed by atoms with Crippen LogP contribution < -0.4 is 11.1 Å². The molecule has 5 heteroatoms. The number of rotatable bonds is 6. The fourth-order valence-electron chi connectivity index (χ4n) is 2.11. The van der Waals surface area contributed by atoms with Crippen LogP contribution in [-0.2, 0) is 0 Å². The molecule has 116 valence electrons. The molecule has 1 aromatic rings. The molecule has 1 heterocycles. The number of likely N-dealkylation sites (N-methyl/N-ethyl adjacent to an activating group) is 1. The minimum Gasteiger partial charge on any atom is -0.347 e. The summed E-state index contributed by atoms with van der Waals surface area (Å²) in [5.41, 5.74) is 5.35. The summed E-state index contributed by atoms with van der Waals surface area (Å²) in [5, 5.41) is 3.12. The van der Waals surface area contributed by atoms with Gasteiger partial charge >= 0.3 is 0 Å². The van der Waals surface area contributed by atoms with E-state index in [1.165, 1.54) is 11.3 Å². The van der Waals surface area contributed by atoms with E-state index in [-0.39, 0.29) is 11.9 Å². The Morgan fingerprint density at radius 2 is 2.14 bits per heavy atom. The Morgan fingerprint density at radius 1 is 1.43 bits per heavy atom. The van der Waals surface area contributed by atoms with E-state index in [1.54, 1.807) is 0 Å². The lowest BCUT2D eigenvalue weighted by Gasteiger charge is -2.23. The number of carbonyl (C=O) groups is 1. The second-order valence-corrected chi connectivity index (χ2v) is 6.82. The van der Waals surface area contributed by atoms with E-state index in [2.05, 4.69) is 35.9 Å². The number of nitrogens with zero attached hydrogens (tertiary/aromatic N) is 1. The maximum absolute atomic E-state index is 12.3. The monoisotopic (exact) mass is 307 g/mol. The first-order valence-corrected chi connectivity index (χ1v) is 7.98. The smallest absolute Gasteiger partial charge is 0.261 e. The molecule has 1 amide bonds. The number of nitrogens with two attached hydrogens (primary N) is 1. The van der Waals surface area contributed by atoms with Crippen molar-refractivity contribution in [2.45, 2.75) is 26.3 Å². The first-order valence-electron chi connectivity index (χ1n) is 7.16. The van der Waals surface area contributed by atoms with Crippen molar-refractivity contribution in [2.75, 3.05) is 27.2 Å². The molecule has 0 spiro atoms. The van der Waals surface area contributed by atoms with Crippen molar-refractivity contribution in [1.29, 1.82) is 0 Å². The molecule has 0 saturated carbocycles. The zero-order chi connectivity index (χ0) is 15.8. The third kappa shape index (κ3) is 6.76. The van der Waals surface area contributed by atoms with Crippen molar-refractivity contribution in [2.24, 2.45) is 11.7 Å². The second-order valence-electron chi connectivity index (χ2n) is 5.73. The summed E-state index contributed by atoms with van der Waals surface area (Å²) in [4.78, 5) is 16.0. The quantitative estimate of drug-likeness (QED) is 0.788. The standard InChI is InChI=1S/C16H25N3OS/c1-12(2)10-13(11-19(3)4)18-16(20)15-8-7-14(21-15)6-5-9-17/h7-8,12-13H,9-11,17H2,1-4H3,(H,18,20). The highest BCUT2D eigenvalue weighted by molar-refractivity contribution is 7.14. The summed E-state index contributed by atoms with van der Waals surface area (Å²) in [6, 6.07) is 3.85. The summed E-state index contributed by atoms with van der Waals surface area (Å²) < 4.78 is 0. The number of carbonyl (C=O) groups excluding carboxylic acids is 1. The zero-order valence-electron chi connectivity index (χ0n) is 13.3. The lowest BCUT2D eigenvalue weighted by Crippen LogP contribution is -2.42. The zero-order valence-corrected chi connectivity index (χ0v) is 14.1. The molecule has 0 radical (unpaired) electrons. The molecule has 1 unspecified atom stereocenters. The molecular weight excluding hydrogens is 282 g/mol. The van der Waals surface area contributed by atoms with Gasteiger partial charge in [-0.25, -0.2) is 0 Å². The van der Waals surface area contributed by atoms with Crippen LogP contribution in [0.1, 0.15) is 34.8 Å². The first kappa shape index (κ1) is 17.7. The van der Waals surface area contributed by atoms with Gasteiger partial charge in [0.1, 0.15) is 0 Å². The lowest BCUT2D eigenvalue weighted by atomic mass is 10.0. The molecular formula is C16H25N3OS. The van der Waals surface area contributed by atoms with Crippen LogP contribution in [0.15, 0.2) is 12.1 Å². The minimum absolute atomic E-state index is 0.0201. The highest BCUT2D eigenvalue weighted by Crippen LogP contribution is 2.16. The van der Waals surface area contributed by atoms with Crippen LogP contribution in [0.4, 0.5) is 0 Å². The Bertz CT molecular complexity index is 501. The second kappa shape index (κ2) is 8.83. The summed E-state index contributed by atoms with van der Waals surface area (Å²) in [6.45, 7) is 5.51. The minimum atomic E-state index is -0.0201. The normalized spacial score (nSPS) is 12.1. The Morgan fingerprint density at radius 3 is 2.71 bits per heavy atom. The fourth-order valence-corrected chi connectivity index (χ4v) is 2.89. The van der Waals surface area contributed by atoms with Crippen LogP contribution in [0.3, 0.4) is 0 Å². The van der Waals surface area contributed by atoms with Crippen molar-refractivity contribution in [3.8, 4) is 11.8 Å². The number of hydrogen-bond acceptors (Lipinski definition) is 4. The molecule has 0 bridgehead atoms. The van der Waals surface area contributed by atoms with Crippen molar-refractivity contribution in [3.05, 3.63) is 21.9 Å². The van der Waals surface area contributed by atoms with Crippen LogP contribution in [0, 0.1) is 17.8 Å². The largest absolute Gasteiger partial charge is 0.347 e. The summed E-state index contributed by atoms with van der Waals surface area (Å²) >= 11 is 1.41. The van der Waals surface area contributed by atoms with E-state index in [1.807, 2.05) is 26.2 Å². The van der Waals surface area contributed by atoms with Crippen molar-refractivity contribution < 1.29 is 4.79 Å². The summed E-state index contributed by atoms with van der Waals surface area (Å²) in [6.07, 6.45) is 0.967. The van der Waals surface area contributed by atoms with Gasteiger partial charge in [-0.3, -0.25) is 4.79 Å². The van der Waals surface area contributed by atoms with Crippen LogP contribution in [0.5, 0.6) is 0 Å². The average molecular weight is 307 g/mol. The SMILES string of the molecule is CC(C)CC(CN(C)C)NC(=O)c1ccc(C#CCN)s1. The van der Waals surface area contributed by atoms with Gasteiger partial charge < -0.3 is 16.0 Å². The summed E-state index contributed by atoms with van der Waals surface area (Å²) in [5.74, 6) is 6.28. The molecule has 4 nitrogen and oxygen atoms in total. The van der Waals surface area contributed by atoms with Crippen molar-refractivity contribution in [3.63, 3.8) is 0 Å². The van der Waals surface area contributed by atoms with Gasteiger partial charge in [0.05, 0.1) is 16.3 Å². The molecule has 0 aromatic carbocycles. The molecule has 1 atom stereocenters. The van der Waals surface area contributed by atoms with E-state index in [4.69, 9.17) is 5.73 Å². The number of nitrogens with one attached hydrogen (secondary N) is 1. The Hall–Kier alpha value is -1.35. The third-order valence-electron chi connectivity index (χ3n) is 2.82. The van der Waals surface area contributed by atoms with Gasteiger partial charge in [-0.2, -0.15) is 0 Å². The molecule has 1 rings (SSSR count). The molecule has 0 fully saturated rings. The fraction of sp³-hybridized carbons (Fsp3) is 0.562. The first-order chi connectivity index (χ1) is 9.92. The van der Waals surface area contributed by atoms with Crippen LogP contribution in [0.2, 0.25) is 0 Å². The van der Waals surface area contributed by atoms with Crippen LogP contribution in [0.25, 0.3) is 0 Å². The van der Waals surface area contributed by atoms with Gasteiger partial charge in [0.25, 0.3) is 5.91 Å². The lowest BCUT2D eigenvalue weighted by molar-refractivity contribution is 0.0928. The topological polar surface area (TPSA) is 58.4 Å². The van der Waals surface area contributed by atoms with Gasteiger partial charge in [-0.1, -0.05) is 25.7 Å². The predicted octanol–water partition coefficient (Wildman–Crippen LogP) is 1.76. The van der Waals surface area contributed by atoms with E-state index in [0.717, 1.165) is 17.8 Å². The van der Waals surface area contributed by atoms with Gasteiger partial charge in [0.2, 0.25) is 0 Å². The molecule has 3 N–H and O–H groups in total. The number of hydrogen-bond donors (Lipinski definition) is 2. The summed E-state index contributed by atoms with van der Waals surface area (Å²) in [7, 11) is 4.04. The maximum atomic E-state index is 12.3. The maximum Gasteiger partial charge on any atom is 0.261 e.